The first kappa shape index (κ1) is 19.2. The van der Waals surface area contributed by atoms with E-state index in [1.807, 2.05) is 19.9 Å². The van der Waals surface area contributed by atoms with Crippen LogP contribution in [0.25, 0.3) is 0 Å². The molecule has 0 aromatic heterocycles. The lowest BCUT2D eigenvalue weighted by molar-refractivity contribution is -0.136. The van der Waals surface area contributed by atoms with Gasteiger partial charge in [0.15, 0.2) is 0 Å². The molecular formula is C19H24N4O4. The fourth-order valence-corrected chi connectivity index (χ4v) is 3.67. The van der Waals surface area contributed by atoms with Crippen molar-refractivity contribution in [1.82, 2.24) is 15.1 Å². The molecule has 1 aromatic rings. The third-order valence-corrected chi connectivity index (χ3v) is 4.94. The lowest BCUT2D eigenvalue weighted by Crippen LogP contribution is -2.54. The van der Waals surface area contributed by atoms with Gasteiger partial charge in [0, 0.05) is 25.6 Å². The lowest BCUT2D eigenvalue weighted by atomic mass is 10.0. The molecule has 2 aliphatic heterocycles. The minimum absolute atomic E-state index is 0.0148. The Morgan fingerprint density at radius 1 is 1.26 bits per heavy atom. The quantitative estimate of drug-likeness (QED) is 0.693. The van der Waals surface area contributed by atoms with Crippen LogP contribution in [0.3, 0.4) is 0 Å². The van der Waals surface area contributed by atoms with Crippen molar-refractivity contribution in [3.05, 3.63) is 34.9 Å². The second kappa shape index (κ2) is 7.58. The first-order valence-corrected chi connectivity index (χ1v) is 9.14. The highest BCUT2D eigenvalue weighted by atomic mass is 16.2. The van der Waals surface area contributed by atoms with Crippen LogP contribution >= 0.6 is 0 Å². The number of fused-ring (bicyclic) bond motifs is 1. The van der Waals surface area contributed by atoms with Gasteiger partial charge in [0.25, 0.3) is 11.8 Å². The zero-order valence-corrected chi connectivity index (χ0v) is 15.5. The molecule has 8 heteroatoms. The van der Waals surface area contributed by atoms with Gasteiger partial charge in [-0.1, -0.05) is 19.1 Å². The maximum atomic E-state index is 13.0. The topological polar surface area (TPSA) is 113 Å². The Bertz CT molecular complexity index is 805. The van der Waals surface area contributed by atoms with Gasteiger partial charge in [-0.25, -0.2) is 0 Å². The average molecular weight is 372 g/mol. The molecule has 0 saturated carbocycles. The highest BCUT2D eigenvalue weighted by molar-refractivity contribution is 6.24. The Hall–Kier alpha value is -2.58. The Morgan fingerprint density at radius 2 is 2.00 bits per heavy atom. The van der Waals surface area contributed by atoms with E-state index in [0.717, 1.165) is 17.0 Å². The van der Waals surface area contributed by atoms with Crippen molar-refractivity contribution in [1.29, 1.82) is 0 Å². The van der Waals surface area contributed by atoms with E-state index in [9.17, 15) is 19.2 Å². The van der Waals surface area contributed by atoms with E-state index in [1.165, 1.54) is 0 Å². The van der Waals surface area contributed by atoms with Crippen molar-refractivity contribution in [2.45, 2.75) is 45.3 Å². The van der Waals surface area contributed by atoms with Gasteiger partial charge in [-0.3, -0.25) is 34.3 Å². The summed E-state index contributed by atoms with van der Waals surface area (Å²) in [6.07, 6.45) is 0.256. The lowest BCUT2D eigenvalue weighted by Gasteiger charge is -2.28. The van der Waals surface area contributed by atoms with E-state index in [2.05, 4.69) is 10.2 Å². The number of benzene rings is 1. The van der Waals surface area contributed by atoms with Crippen LogP contribution in [0.5, 0.6) is 0 Å². The number of nitrogens with zero attached hydrogens (tertiary/aromatic N) is 2. The molecule has 0 bridgehead atoms. The number of likely N-dealkylation sites (N-methyl/N-ethyl adjacent to an activating group) is 1. The van der Waals surface area contributed by atoms with E-state index in [1.54, 1.807) is 12.1 Å². The van der Waals surface area contributed by atoms with Crippen LogP contribution < -0.4 is 11.1 Å². The highest BCUT2D eigenvalue weighted by Crippen LogP contribution is 2.30. The van der Waals surface area contributed by atoms with Gasteiger partial charge < -0.3 is 5.73 Å². The van der Waals surface area contributed by atoms with Crippen molar-refractivity contribution >= 4 is 23.6 Å². The summed E-state index contributed by atoms with van der Waals surface area (Å²) < 4.78 is 0. The van der Waals surface area contributed by atoms with Gasteiger partial charge in [-0.05, 0) is 31.5 Å². The van der Waals surface area contributed by atoms with Crippen molar-refractivity contribution in [2.75, 3.05) is 13.1 Å². The number of imide groups is 2. The molecule has 27 heavy (non-hydrogen) atoms. The molecule has 2 heterocycles. The summed E-state index contributed by atoms with van der Waals surface area (Å²) in [6, 6.07) is 4.20. The maximum Gasteiger partial charge on any atom is 0.262 e. The average Bonchev–Trinajstić information content (AvgIpc) is 2.86. The van der Waals surface area contributed by atoms with Crippen LogP contribution in [0.1, 0.15) is 53.0 Å². The Labute approximate surface area is 157 Å². The van der Waals surface area contributed by atoms with E-state index in [-0.39, 0.29) is 24.8 Å². The minimum atomic E-state index is -0.950. The largest absolute Gasteiger partial charge is 0.327 e. The molecule has 4 amide bonds. The number of nitrogens with one attached hydrogen (secondary N) is 1. The zero-order valence-electron chi connectivity index (χ0n) is 15.5. The van der Waals surface area contributed by atoms with E-state index < -0.39 is 23.8 Å². The molecule has 1 fully saturated rings. The predicted octanol–water partition coefficient (Wildman–Crippen LogP) is 0.257. The van der Waals surface area contributed by atoms with Crippen LogP contribution in [-0.2, 0) is 16.1 Å². The second-order valence-electron chi connectivity index (χ2n) is 7.09. The summed E-state index contributed by atoms with van der Waals surface area (Å²) in [5, 5.41) is 2.21. The molecule has 3 rings (SSSR count). The summed E-state index contributed by atoms with van der Waals surface area (Å²) >= 11 is 0. The summed E-state index contributed by atoms with van der Waals surface area (Å²) in [4.78, 5) is 52.5. The molecular weight excluding hydrogens is 348 g/mol. The third kappa shape index (κ3) is 3.63. The SMILES string of the molecule is CCN(Cc1cccc2c1C(=O)N(C1CCC(=O)NC1=O)C2=O)CC(C)N. The van der Waals surface area contributed by atoms with Crippen LogP contribution in [-0.4, -0.2) is 58.6 Å². The summed E-state index contributed by atoms with van der Waals surface area (Å²) in [5.41, 5.74) is 7.27. The Kier molecular flexibility index (Phi) is 5.38. The molecule has 1 saturated heterocycles. The molecule has 144 valence electrons. The number of nitrogens with two attached hydrogens (primary N) is 1. The number of hydrogen-bond acceptors (Lipinski definition) is 6. The standard InChI is InChI=1S/C19H24N4O4/c1-3-22(9-11(2)20)10-12-5-4-6-13-16(12)19(27)23(18(13)26)14-7-8-15(24)21-17(14)25/h4-6,11,14H,3,7-10,20H2,1-2H3,(H,21,24,25). The van der Waals surface area contributed by atoms with Gasteiger partial charge in [0.2, 0.25) is 11.8 Å². The summed E-state index contributed by atoms with van der Waals surface area (Å²) in [6.45, 7) is 5.83. The van der Waals surface area contributed by atoms with Gasteiger partial charge >= 0.3 is 0 Å². The van der Waals surface area contributed by atoms with Crippen molar-refractivity contribution in [2.24, 2.45) is 5.73 Å². The van der Waals surface area contributed by atoms with Crippen molar-refractivity contribution in [3.63, 3.8) is 0 Å². The smallest absolute Gasteiger partial charge is 0.262 e. The molecule has 8 nitrogen and oxygen atoms in total. The van der Waals surface area contributed by atoms with Crippen molar-refractivity contribution < 1.29 is 19.2 Å². The van der Waals surface area contributed by atoms with Crippen LogP contribution in [0.4, 0.5) is 0 Å². The van der Waals surface area contributed by atoms with Crippen LogP contribution in [0.2, 0.25) is 0 Å². The van der Waals surface area contributed by atoms with E-state index in [0.29, 0.717) is 24.2 Å². The number of piperidine rings is 1. The zero-order chi connectivity index (χ0) is 19.7. The minimum Gasteiger partial charge on any atom is -0.327 e. The van der Waals surface area contributed by atoms with E-state index >= 15 is 0 Å². The fraction of sp³-hybridized carbons (Fsp3) is 0.474. The molecule has 0 spiro atoms. The number of carbonyl (C=O) groups excluding carboxylic acids is 4. The van der Waals surface area contributed by atoms with Gasteiger partial charge in [-0.2, -0.15) is 0 Å². The molecule has 2 unspecified atom stereocenters. The maximum absolute atomic E-state index is 13.0. The normalized spacial score (nSPS) is 20.9. The first-order valence-electron chi connectivity index (χ1n) is 9.14. The van der Waals surface area contributed by atoms with Crippen molar-refractivity contribution in [3.8, 4) is 0 Å². The van der Waals surface area contributed by atoms with E-state index in [4.69, 9.17) is 5.73 Å². The third-order valence-electron chi connectivity index (χ3n) is 4.94. The number of amides is 4. The molecule has 2 aliphatic rings. The summed E-state index contributed by atoms with van der Waals surface area (Å²) in [7, 11) is 0. The number of carbonyl (C=O) groups is 4. The second-order valence-corrected chi connectivity index (χ2v) is 7.09. The van der Waals surface area contributed by atoms with Gasteiger partial charge in [0.05, 0.1) is 11.1 Å². The van der Waals surface area contributed by atoms with Gasteiger partial charge in [-0.15, -0.1) is 0 Å². The Balaban J connectivity index is 1.90. The monoisotopic (exact) mass is 372 g/mol. The summed E-state index contributed by atoms with van der Waals surface area (Å²) in [5.74, 6) is -1.95. The Morgan fingerprint density at radius 3 is 2.63 bits per heavy atom. The molecule has 0 aliphatic carbocycles. The van der Waals surface area contributed by atoms with Crippen LogP contribution in [0.15, 0.2) is 18.2 Å². The molecule has 3 N–H and O–H groups in total. The highest BCUT2D eigenvalue weighted by Gasteiger charge is 2.45. The predicted molar refractivity (Wildman–Crippen MR) is 97.7 cm³/mol. The number of hydrogen-bond donors (Lipinski definition) is 2. The number of rotatable bonds is 6. The van der Waals surface area contributed by atoms with Gasteiger partial charge in [0.1, 0.15) is 6.04 Å². The first-order chi connectivity index (χ1) is 12.8. The molecule has 1 aromatic carbocycles. The fourth-order valence-electron chi connectivity index (χ4n) is 3.67. The molecule has 0 radical (unpaired) electrons. The molecule has 2 atom stereocenters. The van der Waals surface area contributed by atoms with Crippen LogP contribution in [0, 0.1) is 0 Å².